The number of para-hydroxylation sites is 1. The monoisotopic (exact) mass is 351 g/mol. The molecule has 0 bridgehead atoms. The van der Waals surface area contributed by atoms with Gasteiger partial charge in [0.2, 0.25) is 11.8 Å². The Morgan fingerprint density at radius 1 is 1.08 bits per heavy atom. The van der Waals surface area contributed by atoms with Crippen molar-refractivity contribution >= 4 is 17.5 Å². The van der Waals surface area contributed by atoms with E-state index in [0.29, 0.717) is 26.1 Å². The van der Waals surface area contributed by atoms with E-state index in [-0.39, 0.29) is 11.8 Å². The molecule has 1 N–H and O–H groups in total. The van der Waals surface area contributed by atoms with E-state index in [2.05, 4.69) is 5.32 Å². The van der Waals surface area contributed by atoms with Crippen LogP contribution in [0.1, 0.15) is 24.0 Å². The Hall–Kier alpha value is -2.82. The number of carbonyl (C=O) groups is 2. The van der Waals surface area contributed by atoms with Gasteiger partial charge in [-0.05, 0) is 29.7 Å². The second-order valence-electron chi connectivity index (χ2n) is 6.66. The summed E-state index contributed by atoms with van der Waals surface area (Å²) in [6.07, 6.45) is 1.58. The first kappa shape index (κ1) is 18.0. The first-order chi connectivity index (χ1) is 12.6. The van der Waals surface area contributed by atoms with Gasteiger partial charge in [-0.1, -0.05) is 42.5 Å². The molecule has 5 nitrogen and oxygen atoms in total. The van der Waals surface area contributed by atoms with Gasteiger partial charge in [0.05, 0.1) is 6.54 Å². The van der Waals surface area contributed by atoms with Crippen LogP contribution < -0.4 is 10.2 Å². The fourth-order valence-corrected chi connectivity index (χ4v) is 3.20. The minimum Gasteiger partial charge on any atom is -0.365 e. The molecule has 0 atom stereocenters. The lowest BCUT2D eigenvalue weighted by Gasteiger charge is -2.20. The molecular weight excluding hydrogens is 326 g/mol. The number of hydrogen-bond donors (Lipinski definition) is 1. The fourth-order valence-electron chi connectivity index (χ4n) is 3.20. The molecule has 1 aliphatic heterocycles. The molecule has 0 saturated carbocycles. The maximum absolute atomic E-state index is 12.3. The Balaban J connectivity index is 1.56. The first-order valence-electron chi connectivity index (χ1n) is 9.01. The number of likely N-dealkylation sites (tertiary alicyclic amines) is 1. The van der Waals surface area contributed by atoms with Crippen LogP contribution in [0.15, 0.2) is 54.6 Å². The molecule has 0 radical (unpaired) electrons. The van der Waals surface area contributed by atoms with Crippen LogP contribution in [-0.2, 0) is 22.7 Å². The predicted octanol–water partition coefficient (Wildman–Crippen LogP) is 2.56. The number of benzene rings is 2. The quantitative estimate of drug-likeness (QED) is 0.834. The van der Waals surface area contributed by atoms with E-state index in [0.717, 1.165) is 29.8 Å². The van der Waals surface area contributed by atoms with Gasteiger partial charge in [-0.15, -0.1) is 0 Å². The van der Waals surface area contributed by atoms with E-state index in [1.54, 1.807) is 0 Å². The molecule has 3 rings (SSSR count). The highest BCUT2D eigenvalue weighted by Gasteiger charge is 2.20. The number of anilines is 1. The Bertz CT molecular complexity index is 761. The van der Waals surface area contributed by atoms with E-state index in [4.69, 9.17) is 0 Å². The van der Waals surface area contributed by atoms with Crippen LogP contribution >= 0.6 is 0 Å². The number of likely N-dealkylation sites (N-methyl/N-ethyl adjacent to an activating group) is 1. The Morgan fingerprint density at radius 3 is 2.46 bits per heavy atom. The maximum Gasteiger partial charge on any atom is 0.239 e. The van der Waals surface area contributed by atoms with E-state index in [1.807, 2.05) is 71.4 Å². The number of carbonyl (C=O) groups excluding carboxylic acids is 2. The van der Waals surface area contributed by atoms with Gasteiger partial charge in [-0.3, -0.25) is 9.59 Å². The zero-order valence-electron chi connectivity index (χ0n) is 15.1. The molecule has 2 aromatic rings. The largest absolute Gasteiger partial charge is 0.365 e. The van der Waals surface area contributed by atoms with E-state index in [1.165, 1.54) is 0 Å². The van der Waals surface area contributed by atoms with Crippen LogP contribution in [0.5, 0.6) is 0 Å². The van der Waals surface area contributed by atoms with E-state index in [9.17, 15) is 9.59 Å². The minimum absolute atomic E-state index is 0.0246. The molecule has 5 heteroatoms. The molecule has 0 aromatic heterocycles. The normalized spacial score (nSPS) is 13.7. The van der Waals surface area contributed by atoms with Gasteiger partial charge >= 0.3 is 0 Å². The molecule has 0 unspecified atom stereocenters. The standard InChI is InChI=1S/C21H25N3O2/c1-23(19-10-3-2-4-11-19)16-20(25)22-14-17-8-5-6-9-18(17)15-24-13-7-12-21(24)26/h2-6,8-11H,7,12-16H2,1H3,(H,22,25). The summed E-state index contributed by atoms with van der Waals surface area (Å²) in [5.74, 6) is 0.191. The van der Waals surface area contributed by atoms with Crippen LogP contribution in [-0.4, -0.2) is 36.9 Å². The van der Waals surface area contributed by atoms with E-state index < -0.39 is 0 Å². The van der Waals surface area contributed by atoms with Gasteiger partial charge in [-0.25, -0.2) is 0 Å². The number of hydrogen-bond acceptors (Lipinski definition) is 3. The maximum atomic E-state index is 12.3. The van der Waals surface area contributed by atoms with E-state index >= 15 is 0 Å². The molecule has 2 amide bonds. The van der Waals surface area contributed by atoms with Crippen molar-refractivity contribution in [1.29, 1.82) is 0 Å². The molecule has 1 heterocycles. The third-order valence-electron chi connectivity index (χ3n) is 4.70. The van der Waals surface area contributed by atoms with Crippen molar-refractivity contribution in [3.8, 4) is 0 Å². The fraction of sp³-hybridized carbons (Fsp3) is 0.333. The summed E-state index contributed by atoms with van der Waals surface area (Å²) in [6.45, 7) is 2.21. The van der Waals surface area contributed by atoms with Crippen LogP contribution in [0.2, 0.25) is 0 Å². The molecule has 136 valence electrons. The van der Waals surface area contributed by atoms with Crippen LogP contribution in [0.4, 0.5) is 5.69 Å². The molecule has 1 fully saturated rings. The van der Waals surface area contributed by atoms with Crippen LogP contribution in [0, 0.1) is 0 Å². The van der Waals surface area contributed by atoms with Gasteiger partial charge < -0.3 is 15.1 Å². The predicted molar refractivity (Wildman–Crippen MR) is 103 cm³/mol. The zero-order chi connectivity index (χ0) is 18.4. The second-order valence-corrected chi connectivity index (χ2v) is 6.66. The molecule has 1 saturated heterocycles. The second kappa shape index (κ2) is 8.52. The van der Waals surface area contributed by atoms with Gasteiger partial charge in [0, 0.05) is 38.8 Å². The lowest BCUT2D eigenvalue weighted by Crippen LogP contribution is -2.35. The molecule has 1 aliphatic rings. The minimum atomic E-state index is -0.0246. The van der Waals surface area contributed by atoms with Crippen molar-refractivity contribution in [1.82, 2.24) is 10.2 Å². The number of amides is 2. The molecular formula is C21H25N3O2. The van der Waals surface area contributed by atoms with Crippen molar-refractivity contribution in [3.63, 3.8) is 0 Å². The highest BCUT2D eigenvalue weighted by molar-refractivity contribution is 5.81. The smallest absolute Gasteiger partial charge is 0.239 e. The Kier molecular flexibility index (Phi) is 5.89. The Morgan fingerprint density at radius 2 is 1.77 bits per heavy atom. The SMILES string of the molecule is CN(CC(=O)NCc1ccccc1CN1CCCC1=O)c1ccccc1. The van der Waals surface area contributed by atoms with Crippen LogP contribution in [0.3, 0.4) is 0 Å². The molecule has 26 heavy (non-hydrogen) atoms. The van der Waals surface area contributed by atoms with Crippen molar-refractivity contribution in [3.05, 3.63) is 65.7 Å². The highest BCUT2D eigenvalue weighted by Crippen LogP contribution is 2.17. The summed E-state index contributed by atoms with van der Waals surface area (Å²) >= 11 is 0. The number of nitrogens with one attached hydrogen (secondary N) is 1. The van der Waals surface area contributed by atoms with Crippen molar-refractivity contribution in [2.75, 3.05) is 25.0 Å². The summed E-state index contributed by atoms with van der Waals surface area (Å²) in [5.41, 5.74) is 3.16. The third kappa shape index (κ3) is 4.63. The lowest BCUT2D eigenvalue weighted by molar-refractivity contribution is -0.128. The molecule has 2 aromatic carbocycles. The van der Waals surface area contributed by atoms with Crippen molar-refractivity contribution in [2.24, 2.45) is 0 Å². The molecule has 0 spiro atoms. The van der Waals surface area contributed by atoms with Gasteiger partial charge in [-0.2, -0.15) is 0 Å². The summed E-state index contributed by atoms with van der Waals surface area (Å²) < 4.78 is 0. The summed E-state index contributed by atoms with van der Waals surface area (Å²) in [7, 11) is 1.90. The third-order valence-corrected chi connectivity index (χ3v) is 4.70. The average molecular weight is 351 g/mol. The zero-order valence-corrected chi connectivity index (χ0v) is 15.1. The topological polar surface area (TPSA) is 52.7 Å². The first-order valence-corrected chi connectivity index (χ1v) is 9.01. The van der Waals surface area contributed by atoms with Crippen molar-refractivity contribution < 1.29 is 9.59 Å². The molecule has 0 aliphatic carbocycles. The lowest BCUT2D eigenvalue weighted by atomic mass is 10.1. The Labute approximate surface area is 154 Å². The van der Waals surface area contributed by atoms with Crippen molar-refractivity contribution in [2.45, 2.75) is 25.9 Å². The number of rotatable bonds is 7. The van der Waals surface area contributed by atoms with Gasteiger partial charge in [0.1, 0.15) is 0 Å². The average Bonchev–Trinajstić information content (AvgIpc) is 3.06. The van der Waals surface area contributed by atoms with Gasteiger partial charge in [0.15, 0.2) is 0 Å². The summed E-state index contributed by atoms with van der Waals surface area (Å²) in [5, 5.41) is 2.99. The summed E-state index contributed by atoms with van der Waals surface area (Å²) in [6, 6.07) is 17.8. The summed E-state index contributed by atoms with van der Waals surface area (Å²) in [4.78, 5) is 28.0. The van der Waals surface area contributed by atoms with Gasteiger partial charge in [0.25, 0.3) is 0 Å². The highest BCUT2D eigenvalue weighted by atomic mass is 16.2. The van der Waals surface area contributed by atoms with Crippen LogP contribution in [0.25, 0.3) is 0 Å². The number of nitrogens with zero attached hydrogens (tertiary/aromatic N) is 2.